The van der Waals surface area contributed by atoms with Crippen LogP contribution in [-0.4, -0.2) is 21.5 Å². The average molecular weight is 355 g/mol. The Morgan fingerprint density at radius 1 is 1.35 bits per heavy atom. The largest absolute Gasteiger partial charge is 0.339 e. The van der Waals surface area contributed by atoms with Gasteiger partial charge in [-0.1, -0.05) is 46.9 Å². The number of aryl methyl sites for hydroxylation is 2. The molecule has 1 aromatic rings. The molecule has 4 nitrogen and oxygen atoms in total. The lowest BCUT2D eigenvalue weighted by Crippen LogP contribution is -2.54. The van der Waals surface area contributed by atoms with Gasteiger partial charge < -0.3 is 16.0 Å². The normalized spacial score (nSPS) is 12.4. The Kier molecular flexibility index (Phi) is 6.33. The topological polar surface area (TPSA) is 53.2 Å². The average Bonchev–Trinajstić information content (AvgIpc) is 2.32. The molecule has 1 unspecified atom stereocenters. The number of thiocarbonyl (C=S) groups is 1. The fourth-order valence-corrected chi connectivity index (χ4v) is 2.03. The standard InChI is InChI=1S/C12H14Cl3N3OS/c1-7-3-4-8(2)9(5-7)17-11(20)18-10(16-6-19)12(13,14)15/h3-6,10H,1-2H3,(H,16,19)(H2,17,18,20). The van der Waals surface area contributed by atoms with E-state index in [0.29, 0.717) is 6.41 Å². The number of hydrogen-bond acceptors (Lipinski definition) is 2. The van der Waals surface area contributed by atoms with Gasteiger partial charge in [-0.15, -0.1) is 0 Å². The molecule has 8 heteroatoms. The van der Waals surface area contributed by atoms with Crippen molar-refractivity contribution in [3.8, 4) is 0 Å². The summed E-state index contributed by atoms with van der Waals surface area (Å²) < 4.78 is -1.73. The quantitative estimate of drug-likeness (QED) is 0.337. The molecule has 0 spiro atoms. The first kappa shape index (κ1) is 17.3. The summed E-state index contributed by atoms with van der Waals surface area (Å²) in [6, 6.07) is 5.91. The molecular weight excluding hydrogens is 341 g/mol. The number of halogens is 3. The molecule has 0 aliphatic rings. The number of carbonyl (C=O) groups is 1. The van der Waals surface area contributed by atoms with Crippen LogP contribution in [0.3, 0.4) is 0 Å². The first-order valence-electron chi connectivity index (χ1n) is 5.65. The molecule has 0 radical (unpaired) electrons. The van der Waals surface area contributed by atoms with Gasteiger partial charge in [-0.25, -0.2) is 0 Å². The van der Waals surface area contributed by atoms with Crippen LogP contribution in [0.5, 0.6) is 0 Å². The van der Waals surface area contributed by atoms with Crippen molar-refractivity contribution in [3.05, 3.63) is 29.3 Å². The number of benzene rings is 1. The van der Waals surface area contributed by atoms with Crippen molar-refractivity contribution in [1.82, 2.24) is 10.6 Å². The summed E-state index contributed by atoms with van der Waals surface area (Å²) in [5.74, 6) is 0. The SMILES string of the molecule is Cc1ccc(C)c(NC(=S)NC(NC=O)C(Cl)(Cl)Cl)c1. The van der Waals surface area contributed by atoms with E-state index >= 15 is 0 Å². The van der Waals surface area contributed by atoms with Gasteiger partial charge in [-0.3, -0.25) is 4.79 Å². The smallest absolute Gasteiger partial charge is 0.228 e. The molecule has 0 aliphatic heterocycles. The number of carbonyl (C=O) groups excluding carboxylic acids is 1. The van der Waals surface area contributed by atoms with Crippen molar-refractivity contribution in [2.24, 2.45) is 0 Å². The Balaban J connectivity index is 2.75. The van der Waals surface area contributed by atoms with Crippen LogP contribution in [0.4, 0.5) is 5.69 Å². The molecule has 0 bridgehead atoms. The minimum Gasteiger partial charge on any atom is -0.339 e. The van der Waals surface area contributed by atoms with Crippen LogP contribution < -0.4 is 16.0 Å². The highest BCUT2D eigenvalue weighted by molar-refractivity contribution is 7.80. The van der Waals surface area contributed by atoms with Crippen molar-refractivity contribution in [2.45, 2.75) is 23.8 Å². The molecule has 0 aromatic heterocycles. The fourth-order valence-electron chi connectivity index (χ4n) is 1.45. The third-order valence-corrected chi connectivity index (χ3v) is 3.35. The second kappa shape index (κ2) is 7.31. The van der Waals surface area contributed by atoms with E-state index in [9.17, 15) is 4.79 Å². The van der Waals surface area contributed by atoms with Crippen LogP contribution in [-0.2, 0) is 4.79 Å². The summed E-state index contributed by atoms with van der Waals surface area (Å²) in [6.07, 6.45) is -0.504. The van der Waals surface area contributed by atoms with Crippen LogP contribution in [0.1, 0.15) is 11.1 Å². The summed E-state index contributed by atoms with van der Waals surface area (Å²) in [5.41, 5.74) is 2.95. The van der Waals surface area contributed by atoms with Gasteiger partial charge in [0.05, 0.1) is 0 Å². The molecule has 1 atom stereocenters. The number of amides is 1. The Bertz CT molecular complexity index is 505. The van der Waals surface area contributed by atoms with Gasteiger partial charge in [0.25, 0.3) is 0 Å². The van der Waals surface area contributed by atoms with Gasteiger partial charge in [0.15, 0.2) is 5.11 Å². The van der Waals surface area contributed by atoms with Gasteiger partial charge in [0, 0.05) is 5.69 Å². The van der Waals surface area contributed by atoms with E-state index in [1.807, 2.05) is 32.0 Å². The maximum atomic E-state index is 10.5. The Labute approximate surface area is 138 Å². The molecule has 3 N–H and O–H groups in total. The second-order valence-electron chi connectivity index (χ2n) is 4.18. The summed E-state index contributed by atoms with van der Waals surface area (Å²) in [6.45, 7) is 3.92. The van der Waals surface area contributed by atoms with Crippen molar-refractivity contribution in [3.63, 3.8) is 0 Å². The highest BCUT2D eigenvalue weighted by atomic mass is 35.6. The summed E-state index contributed by atoms with van der Waals surface area (Å²) in [7, 11) is 0. The molecule has 0 saturated carbocycles. The van der Waals surface area contributed by atoms with Crippen LogP contribution in [0, 0.1) is 13.8 Å². The van der Waals surface area contributed by atoms with Crippen LogP contribution in [0.2, 0.25) is 0 Å². The zero-order valence-electron chi connectivity index (χ0n) is 10.8. The lowest BCUT2D eigenvalue weighted by atomic mass is 10.1. The first-order chi connectivity index (χ1) is 9.24. The number of hydrogen-bond donors (Lipinski definition) is 3. The number of rotatable bonds is 4. The monoisotopic (exact) mass is 353 g/mol. The van der Waals surface area contributed by atoms with Crippen molar-refractivity contribution in [1.29, 1.82) is 0 Å². The van der Waals surface area contributed by atoms with E-state index < -0.39 is 9.96 Å². The Morgan fingerprint density at radius 2 is 2.00 bits per heavy atom. The molecule has 0 fully saturated rings. The number of nitrogens with one attached hydrogen (secondary N) is 3. The number of anilines is 1. The molecule has 0 saturated heterocycles. The number of alkyl halides is 3. The highest BCUT2D eigenvalue weighted by Crippen LogP contribution is 2.29. The predicted molar refractivity (Wildman–Crippen MR) is 88.6 cm³/mol. The predicted octanol–water partition coefficient (Wildman–Crippen LogP) is 3.03. The van der Waals surface area contributed by atoms with Crippen molar-refractivity contribution < 1.29 is 4.79 Å². The zero-order chi connectivity index (χ0) is 15.3. The zero-order valence-corrected chi connectivity index (χ0v) is 13.9. The molecule has 0 aliphatic carbocycles. The second-order valence-corrected chi connectivity index (χ2v) is 6.95. The van der Waals surface area contributed by atoms with Crippen LogP contribution in [0.25, 0.3) is 0 Å². The van der Waals surface area contributed by atoms with E-state index in [4.69, 9.17) is 47.0 Å². The van der Waals surface area contributed by atoms with Gasteiger partial charge in [0.2, 0.25) is 10.2 Å². The van der Waals surface area contributed by atoms with E-state index in [-0.39, 0.29) is 5.11 Å². The summed E-state index contributed by atoms with van der Waals surface area (Å²) >= 11 is 22.4. The van der Waals surface area contributed by atoms with Crippen LogP contribution in [0.15, 0.2) is 18.2 Å². The molecule has 20 heavy (non-hydrogen) atoms. The van der Waals surface area contributed by atoms with Gasteiger partial charge in [-0.2, -0.15) is 0 Å². The van der Waals surface area contributed by atoms with E-state index in [2.05, 4.69) is 16.0 Å². The molecule has 1 aromatic carbocycles. The third-order valence-electron chi connectivity index (χ3n) is 2.48. The Hall–Kier alpha value is -0.750. The van der Waals surface area contributed by atoms with Gasteiger partial charge >= 0.3 is 0 Å². The van der Waals surface area contributed by atoms with Gasteiger partial charge in [0.1, 0.15) is 6.17 Å². The maximum Gasteiger partial charge on any atom is 0.228 e. The van der Waals surface area contributed by atoms with E-state index in [1.165, 1.54) is 0 Å². The summed E-state index contributed by atoms with van der Waals surface area (Å²) in [4.78, 5) is 10.5. The van der Waals surface area contributed by atoms with Crippen molar-refractivity contribution in [2.75, 3.05) is 5.32 Å². The minimum atomic E-state index is -1.73. The Morgan fingerprint density at radius 3 is 2.55 bits per heavy atom. The van der Waals surface area contributed by atoms with Gasteiger partial charge in [-0.05, 0) is 43.3 Å². The molecule has 1 rings (SSSR count). The molecule has 110 valence electrons. The lowest BCUT2D eigenvalue weighted by molar-refractivity contribution is -0.110. The highest BCUT2D eigenvalue weighted by Gasteiger charge is 2.32. The maximum absolute atomic E-state index is 10.5. The fraction of sp³-hybridized carbons (Fsp3) is 0.333. The third kappa shape index (κ3) is 5.32. The molecule has 0 heterocycles. The van der Waals surface area contributed by atoms with E-state index in [0.717, 1.165) is 16.8 Å². The van der Waals surface area contributed by atoms with E-state index in [1.54, 1.807) is 0 Å². The van der Waals surface area contributed by atoms with Crippen molar-refractivity contribution >= 4 is 64.2 Å². The first-order valence-corrected chi connectivity index (χ1v) is 7.19. The summed E-state index contributed by atoms with van der Waals surface area (Å²) in [5, 5.41) is 8.33. The lowest BCUT2D eigenvalue weighted by Gasteiger charge is -2.26. The molecule has 1 amide bonds. The molecular formula is C12H14Cl3N3OS. The minimum absolute atomic E-state index is 0.240. The van der Waals surface area contributed by atoms with Crippen LogP contribution >= 0.6 is 47.0 Å².